The monoisotopic (exact) mass is 481 g/mol. The van der Waals surface area contributed by atoms with E-state index in [9.17, 15) is 21.6 Å². The van der Waals surface area contributed by atoms with Crippen molar-refractivity contribution >= 4 is 25.7 Å². The average Bonchev–Trinajstić information content (AvgIpc) is 2.75. The third-order valence-corrected chi connectivity index (χ3v) is 9.31. The van der Waals surface area contributed by atoms with E-state index in [2.05, 4.69) is 4.72 Å². The number of benzene rings is 1. The zero-order chi connectivity index (χ0) is 23.1. The number of nitrogens with zero attached hydrogens (tertiary/aromatic N) is 2. The summed E-state index contributed by atoms with van der Waals surface area (Å²) in [5.74, 6) is 0.214. The van der Waals surface area contributed by atoms with Crippen LogP contribution in [0.4, 0.5) is 5.69 Å². The molecule has 1 aromatic carbocycles. The highest BCUT2D eigenvalue weighted by Gasteiger charge is 2.41. The number of sulfonamides is 2. The van der Waals surface area contributed by atoms with Crippen molar-refractivity contribution in [1.82, 2.24) is 8.87 Å². The van der Waals surface area contributed by atoms with Crippen LogP contribution in [0.15, 0.2) is 46.1 Å². The molecule has 32 heavy (non-hydrogen) atoms. The topological polar surface area (TPSA) is 115 Å². The molecular formula is C21H27N3O6S2. The molecule has 2 bridgehead atoms. The number of methoxy groups -OCH3 is 1. The summed E-state index contributed by atoms with van der Waals surface area (Å²) >= 11 is 0. The van der Waals surface area contributed by atoms with Gasteiger partial charge in [0.25, 0.3) is 5.56 Å². The Morgan fingerprint density at radius 1 is 1.03 bits per heavy atom. The van der Waals surface area contributed by atoms with Crippen molar-refractivity contribution in [3.8, 4) is 5.75 Å². The maximum atomic E-state index is 13.3. The van der Waals surface area contributed by atoms with E-state index in [1.165, 1.54) is 35.7 Å². The van der Waals surface area contributed by atoms with Gasteiger partial charge in [-0.2, -0.15) is 4.31 Å². The molecule has 2 aliphatic rings. The van der Waals surface area contributed by atoms with Crippen molar-refractivity contribution in [1.29, 1.82) is 0 Å². The number of fused-ring (bicyclic) bond motifs is 4. The molecule has 0 spiro atoms. The molecule has 1 aromatic heterocycles. The summed E-state index contributed by atoms with van der Waals surface area (Å²) in [6, 6.07) is 9.09. The van der Waals surface area contributed by atoms with E-state index < -0.39 is 20.0 Å². The second-order valence-electron chi connectivity index (χ2n) is 8.30. The molecule has 2 aromatic rings. The van der Waals surface area contributed by atoms with Crippen LogP contribution in [-0.2, 0) is 26.6 Å². The number of piperidine rings is 1. The molecule has 4 rings (SSSR count). The number of rotatable bonds is 7. The first-order valence-corrected chi connectivity index (χ1v) is 13.6. The highest BCUT2D eigenvalue weighted by atomic mass is 32.2. The van der Waals surface area contributed by atoms with E-state index in [0.717, 1.165) is 0 Å². The summed E-state index contributed by atoms with van der Waals surface area (Å²) in [7, 11) is -5.79. The standard InChI is InChI=1S/C21H27N3O6S2/c1-3-10-31(26,27)22-19-8-9-20(25)24-13-15-11-16(21(19)24)14-23(12-15)32(28,29)18-6-4-17(30-2)5-7-18/h4-9,15-16,22H,3,10-14H2,1-2H3/t15-,16-/m0/s1. The Morgan fingerprint density at radius 3 is 2.41 bits per heavy atom. The molecule has 1 N–H and O–H groups in total. The minimum atomic E-state index is -3.75. The van der Waals surface area contributed by atoms with Crippen LogP contribution in [0, 0.1) is 5.92 Å². The van der Waals surface area contributed by atoms with Gasteiger partial charge in [0.2, 0.25) is 20.0 Å². The van der Waals surface area contributed by atoms with Crippen molar-refractivity contribution in [3.05, 3.63) is 52.4 Å². The highest BCUT2D eigenvalue weighted by molar-refractivity contribution is 7.92. The van der Waals surface area contributed by atoms with Gasteiger partial charge in [0.15, 0.2) is 0 Å². The van der Waals surface area contributed by atoms with Crippen LogP contribution < -0.4 is 15.0 Å². The van der Waals surface area contributed by atoms with E-state index in [4.69, 9.17) is 4.74 Å². The van der Waals surface area contributed by atoms with Gasteiger partial charge in [-0.15, -0.1) is 0 Å². The zero-order valence-corrected chi connectivity index (χ0v) is 19.7. The Balaban J connectivity index is 1.69. The number of ether oxygens (including phenoxy) is 1. The third-order valence-electron chi connectivity index (χ3n) is 5.99. The van der Waals surface area contributed by atoms with Crippen LogP contribution in [0.2, 0.25) is 0 Å². The van der Waals surface area contributed by atoms with Crippen molar-refractivity contribution in [2.75, 3.05) is 30.7 Å². The molecule has 0 saturated carbocycles. The van der Waals surface area contributed by atoms with Gasteiger partial charge < -0.3 is 9.30 Å². The lowest BCUT2D eigenvalue weighted by molar-refractivity contribution is 0.187. The fourth-order valence-corrected chi connectivity index (χ4v) is 7.35. The van der Waals surface area contributed by atoms with Crippen LogP contribution >= 0.6 is 0 Å². The predicted octanol–water partition coefficient (Wildman–Crippen LogP) is 1.82. The number of aromatic nitrogens is 1. The smallest absolute Gasteiger partial charge is 0.250 e. The van der Waals surface area contributed by atoms with Gasteiger partial charge in [-0.05, 0) is 49.1 Å². The van der Waals surface area contributed by atoms with Gasteiger partial charge >= 0.3 is 0 Å². The normalized spacial score (nSPS) is 21.1. The van der Waals surface area contributed by atoms with Crippen molar-refractivity contribution in [3.63, 3.8) is 0 Å². The molecule has 9 nitrogen and oxygen atoms in total. The Bertz CT molecular complexity index is 1270. The minimum absolute atomic E-state index is 0.0309. The van der Waals surface area contributed by atoms with Gasteiger partial charge in [-0.1, -0.05) is 6.92 Å². The van der Waals surface area contributed by atoms with E-state index in [-0.39, 0.29) is 34.6 Å². The first kappa shape index (κ1) is 22.8. The maximum absolute atomic E-state index is 13.3. The van der Waals surface area contributed by atoms with Crippen LogP contribution in [0.5, 0.6) is 5.75 Å². The van der Waals surface area contributed by atoms with Gasteiger partial charge in [0.05, 0.1) is 23.4 Å². The van der Waals surface area contributed by atoms with Crippen molar-refractivity contribution in [2.24, 2.45) is 5.92 Å². The third kappa shape index (κ3) is 4.28. The summed E-state index contributed by atoms with van der Waals surface area (Å²) in [6.45, 7) is 2.61. The lowest BCUT2D eigenvalue weighted by Gasteiger charge is -2.42. The number of hydrogen-bond donors (Lipinski definition) is 1. The molecule has 1 fully saturated rings. The zero-order valence-electron chi connectivity index (χ0n) is 18.0. The van der Waals surface area contributed by atoms with Gasteiger partial charge in [0, 0.05) is 37.3 Å². The number of anilines is 1. The second kappa shape index (κ2) is 8.53. The van der Waals surface area contributed by atoms with Gasteiger partial charge in [-0.3, -0.25) is 9.52 Å². The van der Waals surface area contributed by atoms with Crippen molar-refractivity contribution in [2.45, 2.75) is 37.1 Å². The molecule has 2 aliphatic heterocycles. The summed E-state index contributed by atoms with van der Waals surface area (Å²) in [5.41, 5.74) is 0.702. The quantitative estimate of drug-likeness (QED) is 0.645. The lowest BCUT2D eigenvalue weighted by atomic mass is 9.83. The molecule has 0 aliphatic carbocycles. The molecule has 0 unspecified atom stereocenters. The Kier molecular flexibility index (Phi) is 6.08. The van der Waals surface area contributed by atoms with Gasteiger partial charge in [-0.25, -0.2) is 16.8 Å². The number of pyridine rings is 1. The van der Waals surface area contributed by atoms with Crippen LogP contribution in [0.25, 0.3) is 0 Å². The van der Waals surface area contributed by atoms with Crippen molar-refractivity contribution < 1.29 is 21.6 Å². The van der Waals surface area contributed by atoms with E-state index >= 15 is 0 Å². The van der Waals surface area contributed by atoms with Crippen LogP contribution in [0.1, 0.15) is 31.4 Å². The summed E-state index contributed by atoms with van der Waals surface area (Å²) < 4.78 is 62.1. The predicted molar refractivity (Wildman–Crippen MR) is 121 cm³/mol. The molecular weight excluding hydrogens is 454 g/mol. The fourth-order valence-electron chi connectivity index (χ4n) is 4.64. The fraction of sp³-hybridized carbons (Fsp3) is 0.476. The maximum Gasteiger partial charge on any atom is 0.250 e. The van der Waals surface area contributed by atoms with Crippen LogP contribution in [0.3, 0.4) is 0 Å². The first-order valence-electron chi connectivity index (χ1n) is 10.5. The molecule has 0 radical (unpaired) electrons. The molecule has 3 heterocycles. The second-order valence-corrected chi connectivity index (χ2v) is 12.1. The van der Waals surface area contributed by atoms with Crippen LogP contribution in [-0.4, -0.2) is 51.7 Å². The summed E-state index contributed by atoms with van der Waals surface area (Å²) in [4.78, 5) is 12.7. The van der Waals surface area contributed by atoms with E-state index in [1.807, 2.05) is 0 Å². The summed E-state index contributed by atoms with van der Waals surface area (Å²) in [5, 5.41) is 0. The number of nitrogens with one attached hydrogen (secondary N) is 1. The molecule has 2 atom stereocenters. The first-order chi connectivity index (χ1) is 15.1. The number of hydrogen-bond acceptors (Lipinski definition) is 6. The van der Waals surface area contributed by atoms with Gasteiger partial charge in [0.1, 0.15) is 5.75 Å². The minimum Gasteiger partial charge on any atom is -0.497 e. The Labute approximate surface area is 188 Å². The largest absolute Gasteiger partial charge is 0.497 e. The SMILES string of the molecule is CCCS(=O)(=O)Nc1ccc(=O)n2c1[C@H]1C[C@@H](CN(S(=O)(=O)c3ccc(OC)cc3)C1)C2. The van der Waals surface area contributed by atoms with E-state index in [0.29, 0.717) is 43.1 Å². The summed E-state index contributed by atoms with van der Waals surface area (Å²) in [6.07, 6.45) is 1.16. The Hall–Kier alpha value is -2.37. The average molecular weight is 482 g/mol. The molecule has 174 valence electrons. The molecule has 11 heteroatoms. The Morgan fingerprint density at radius 2 is 1.75 bits per heavy atom. The van der Waals surface area contributed by atoms with E-state index in [1.54, 1.807) is 23.6 Å². The molecule has 0 amide bonds. The highest BCUT2D eigenvalue weighted by Crippen LogP contribution is 2.40. The lowest BCUT2D eigenvalue weighted by Crippen LogP contribution is -2.49. The molecule has 1 saturated heterocycles.